The molecule has 3 rings (SSSR count). The lowest BCUT2D eigenvalue weighted by Crippen LogP contribution is -2.30. The summed E-state index contributed by atoms with van der Waals surface area (Å²) in [7, 11) is 0. The second-order valence-electron chi connectivity index (χ2n) is 6.27. The minimum atomic E-state index is -0.857. The molecule has 3 heterocycles. The van der Waals surface area contributed by atoms with Gasteiger partial charge in [-0.3, -0.25) is 9.59 Å². The number of fused-ring (bicyclic) bond motifs is 1. The Kier molecular flexibility index (Phi) is 3.79. The van der Waals surface area contributed by atoms with Gasteiger partial charge in [-0.25, -0.2) is 4.98 Å². The zero-order chi connectivity index (χ0) is 16.7. The molecular formula is C16H19N3O4. The lowest BCUT2D eigenvalue weighted by Gasteiger charge is -2.17. The zero-order valence-corrected chi connectivity index (χ0v) is 13.4. The minimum absolute atomic E-state index is 0.140. The molecule has 7 nitrogen and oxygen atoms in total. The Morgan fingerprint density at radius 2 is 2.17 bits per heavy atom. The van der Waals surface area contributed by atoms with Gasteiger partial charge in [-0.2, -0.15) is 0 Å². The van der Waals surface area contributed by atoms with E-state index in [1.54, 1.807) is 17.9 Å². The Labute approximate surface area is 133 Å². The van der Waals surface area contributed by atoms with E-state index in [4.69, 9.17) is 9.63 Å². The molecule has 1 aliphatic rings. The molecule has 1 aliphatic heterocycles. The highest BCUT2D eigenvalue weighted by Gasteiger charge is 2.33. The molecule has 122 valence electrons. The average molecular weight is 317 g/mol. The van der Waals surface area contributed by atoms with E-state index in [0.29, 0.717) is 35.3 Å². The normalized spacial score (nSPS) is 18.1. The van der Waals surface area contributed by atoms with Gasteiger partial charge >= 0.3 is 5.97 Å². The third-order valence-corrected chi connectivity index (χ3v) is 4.28. The Morgan fingerprint density at radius 1 is 1.43 bits per heavy atom. The predicted molar refractivity (Wildman–Crippen MR) is 82.3 cm³/mol. The number of amides is 1. The van der Waals surface area contributed by atoms with Crippen molar-refractivity contribution in [2.75, 3.05) is 13.1 Å². The summed E-state index contributed by atoms with van der Waals surface area (Å²) < 4.78 is 5.23. The largest absolute Gasteiger partial charge is 0.481 e. The maximum absolute atomic E-state index is 12.9. The van der Waals surface area contributed by atoms with Crippen LogP contribution in [0.15, 0.2) is 10.6 Å². The van der Waals surface area contributed by atoms with Gasteiger partial charge in [0, 0.05) is 18.8 Å². The van der Waals surface area contributed by atoms with Gasteiger partial charge < -0.3 is 14.5 Å². The topological polar surface area (TPSA) is 96.5 Å². The maximum atomic E-state index is 12.9. The first-order valence-electron chi connectivity index (χ1n) is 7.67. The molecule has 2 aromatic heterocycles. The number of hydrogen-bond acceptors (Lipinski definition) is 5. The van der Waals surface area contributed by atoms with Gasteiger partial charge in [0.2, 0.25) is 0 Å². The number of likely N-dealkylation sites (tertiary alicyclic amines) is 1. The van der Waals surface area contributed by atoms with Gasteiger partial charge in [0.05, 0.1) is 22.6 Å². The highest BCUT2D eigenvalue weighted by atomic mass is 16.5. The molecule has 0 aliphatic carbocycles. The molecular weight excluding hydrogens is 298 g/mol. The molecule has 0 bridgehead atoms. The minimum Gasteiger partial charge on any atom is -0.481 e. The quantitative estimate of drug-likeness (QED) is 0.932. The first-order chi connectivity index (χ1) is 10.9. The molecule has 1 N–H and O–H groups in total. The highest BCUT2D eigenvalue weighted by molar-refractivity contribution is 6.06. The van der Waals surface area contributed by atoms with Gasteiger partial charge in [-0.05, 0) is 25.3 Å². The molecule has 23 heavy (non-hydrogen) atoms. The summed E-state index contributed by atoms with van der Waals surface area (Å²) in [6.07, 6.45) is 0.481. The molecule has 0 saturated carbocycles. The van der Waals surface area contributed by atoms with Gasteiger partial charge in [-0.1, -0.05) is 19.0 Å². The van der Waals surface area contributed by atoms with Crippen molar-refractivity contribution < 1.29 is 19.2 Å². The second-order valence-corrected chi connectivity index (χ2v) is 6.27. The molecule has 2 aromatic rings. The number of aromatic nitrogens is 2. The van der Waals surface area contributed by atoms with E-state index < -0.39 is 11.9 Å². The molecule has 0 unspecified atom stereocenters. The third-order valence-electron chi connectivity index (χ3n) is 4.28. The number of carboxylic acids is 1. The van der Waals surface area contributed by atoms with E-state index in [9.17, 15) is 9.59 Å². The smallest absolute Gasteiger partial charge is 0.308 e. The van der Waals surface area contributed by atoms with Crippen LogP contribution in [-0.2, 0) is 4.79 Å². The summed E-state index contributed by atoms with van der Waals surface area (Å²) in [5.41, 5.74) is 2.21. The van der Waals surface area contributed by atoms with Crippen LogP contribution < -0.4 is 0 Å². The van der Waals surface area contributed by atoms with E-state index in [1.165, 1.54) is 0 Å². The van der Waals surface area contributed by atoms with Crippen LogP contribution in [0.3, 0.4) is 0 Å². The van der Waals surface area contributed by atoms with E-state index in [0.717, 1.165) is 5.69 Å². The van der Waals surface area contributed by atoms with Crippen LogP contribution >= 0.6 is 0 Å². The number of pyridine rings is 1. The number of carboxylic acid groups (broad SMARTS) is 1. The number of carbonyl (C=O) groups excluding carboxylic acids is 1. The van der Waals surface area contributed by atoms with E-state index >= 15 is 0 Å². The van der Waals surface area contributed by atoms with Crippen molar-refractivity contribution in [3.8, 4) is 0 Å². The Morgan fingerprint density at radius 3 is 2.78 bits per heavy atom. The lowest BCUT2D eigenvalue weighted by atomic mass is 10.0. The van der Waals surface area contributed by atoms with E-state index in [-0.39, 0.29) is 18.4 Å². The molecule has 1 atom stereocenters. The number of carbonyl (C=O) groups is 2. The first kappa shape index (κ1) is 15.5. The molecule has 0 aromatic carbocycles. The Balaban J connectivity index is 2.02. The maximum Gasteiger partial charge on any atom is 0.308 e. The zero-order valence-electron chi connectivity index (χ0n) is 13.4. The SMILES string of the molecule is Cc1noc2nc(C(C)C)cc(C(=O)N3CC[C@H](C(=O)O)C3)c12. The molecule has 1 amide bonds. The summed E-state index contributed by atoms with van der Waals surface area (Å²) in [4.78, 5) is 30.0. The summed E-state index contributed by atoms with van der Waals surface area (Å²) in [6.45, 7) is 6.42. The number of rotatable bonds is 3. The fourth-order valence-corrected chi connectivity index (χ4v) is 2.89. The molecule has 0 radical (unpaired) electrons. The Bertz CT molecular complexity index is 781. The monoisotopic (exact) mass is 317 g/mol. The fraction of sp³-hybridized carbons (Fsp3) is 0.500. The molecule has 1 saturated heterocycles. The van der Waals surface area contributed by atoms with Crippen LogP contribution in [0.5, 0.6) is 0 Å². The van der Waals surface area contributed by atoms with E-state index in [1.807, 2.05) is 13.8 Å². The van der Waals surface area contributed by atoms with Crippen molar-refractivity contribution in [3.63, 3.8) is 0 Å². The highest BCUT2D eigenvalue weighted by Crippen LogP contribution is 2.28. The number of aliphatic carboxylic acids is 1. The van der Waals surface area contributed by atoms with Crippen molar-refractivity contribution in [1.82, 2.24) is 15.0 Å². The first-order valence-corrected chi connectivity index (χ1v) is 7.67. The summed E-state index contributed by atoms with van der Waals surface area (Å²) >= 11 is 0. The van der Waals surface area contributed by atoms with Crippen molar-refractivity contribution in [2.24, 2.45) is 5.92 Å². The van der Waals surface area contributed by atoms with Crippen molar-refractivity contribution in [1.29, 1.82) is 0 Å². The van der Waals surface area contributed by atoms with Crippen LogP contribution in [0.1, 0.15) is 47.9 Å². The van der Waals surface area contributed by atoms with E-state index in [2.05, 4.69) is 10.1 Å². The number of aryl methyl sites for hydroxylation is 1. The van der Waals surface area contributed by atoms with Crippen LogP contribution in [0.4, 0.5) is 0 Å². The Hall–Kier alpha value is -2.44. The van der Waals surface area contributed by atoms with Crippen LogP contribution in [0, 0.1) is 12.8 Å². The molecule has 7 heteroatoms. The number of hydrogen-bond donors (Lipinski definition) is 1. The van der Waals surface area contributed by atoms with Crippen molar-refractivity contribution in [3.05, 3.63) is 23.0 Å². The van der Waals surface area contributed by atoms with Crippen molar-refractivity contribution >= 4 is 23.0 Å². The lowest BCUT2D eigenvalue weighted by molar-refractivity contribution is -0.141. The number of nitrogens with zero attached hydrogens (tertiary/aromatic N) is 3. The predicted octanol–water partition coefficient (Wildman–Crippen LogP) is 2.20. The summed E-state index contributed by atoms with van der Waals surface area (Å²) in [6, 6.07) is 1.77. The second kappa shape index (κ2) is 5.64. The van der Waals surface area contributed by atoms with Crippen LogP contribution in [0.2, 0.25) is 0 Å². The van der Waals surface area contributed by atoms with Gasteiger partial charge in [-0.15, -0.1) is 0 Å². The fourth-order valence-electron chi connectivity index (χ4n) is 2.89. The molecule has 1 fully saturated rings. The van der Waals surface area contributed by atoms with Crippen LogP contribution in [-0.4, -0.2) is 45.1 Å². The summed E-state index contributed by atoms with van der Waals surface area (Å²) in [5.74, 6) is -1.40. The molecule has 0 spiro atoms. The van der Waals surface area contributed by atoms with Crippen LogP contribution in [0.25, 0.3) is 11.1 Å². The van der Waals surface area contributed by atoms with Gasteiger partial charge in [0.25, 0.3) is 11.6 Å². The summed E-state index contributed by atoms with van der Waals surface area (Å²) in [5, 5.41) is 13.6. The van der Waals surface area contributed by atoms with Gasteiger partial charge in [0.15, 0.2) is 0 Å². The average Bonchev–Trinajstić information content (AvgIpc) is 3.13. The third kappa shape index (κ3) is 2.67. The van der Waals surface area contributed by atoms with Gasteiger partial charge in [0.1, 0.15) is 0 Å². The van der Waals surface area contributed by atoms with Crippen molar-refractivity contribution in [2.45, 2.75) is 33.1 Å². The standard InChI is InChI=1S/C16H19N3O4/c1-8(2)12-6-11(13-9(3)18-23-14(13)17-12)15(20)19-5-4-10(7-19)16(21)22/h6,8,10H,4-5,7H2,1-3H3,(H,21,22)/t10-/m0/s1.